The molecule has 1 amide bonds. The zero-order valence-corrected chi connectivity index (χ0v) is 15.7. The second-order valence-corrected chi connectivity index (χ2v) is 7.03. The summed E-state index contributed by atoms with van der Waals surface area (Å²) in [5.74, 6) is 0.568. The van der Waals surface area contributed by atoms with Crippen LogP contribution < -0.4 is 10.2 Å². The number of piperidine rings is 1. The molecule has 2 heterocycles. The molecule has 144 valence electrons. The van der Waals surface area contributed by atoms with Crippen LogP contribution in [0.1, 0.15) is 12.8 Å². The number of likely N-dealkylation sites (N-methyl/N-ethyl adjacent to an activating group) is 1. The van der Waals surface area contributed by atoms with E-state index in [1.165, 1.54) is 0 Å². The maximum Gasteiger partial charge on any atom is 0.278 e. The molecule has 1 N–H and O–H groups in total. The molecule has 0 spiro atoms. The van der Waals surface area contributed by atoms with Crippen molar-refractivity contribution in [2.24, 2.45) is 5.92 Å². The molecule has 0 unspecified atom stereocenters. The standard InChI is InChI=1S/C19H25N5O3/c1-20-18(25)13-23-10-7-14(8-11-23)12-22(2)17-6-5-16(24(26)27)15-4-3-9-21-19(15)17/h3-6,9,14H,7-8,10-13H2,1-2H3,(H,20,25). The third-order valence-corrected chi connectivity index (χ3v) is 5.22. The lowest BCUT2D eigenvalue weighted by atomic mass is 9.96. The molecule has 1 aromatic heterocycles. The number of non-ortho nitro benzene ring substituents is 1. The maximum atomic E-state index is 11.5. The molecule has 0 atom stereocenters. The number of pyridine rings is 1. The van der Waals surface area contributed by atoms with Crippen LogP contribution in [0.25, 0.3) is 10.9 Å². The zero-order valence-electron chi connectivity index (χ0n) is 15.7. The molecule has 1 aliphatic rings. The maximum absolute atomic E-state index is 11.5. The fourth-order valence-corrected chi connectivity index (χ4v) is 3.70. The molecule has 0 aliphatic carbocycles. The molecule has 0 saturated carbocycles. The lowest BCUT2D eigenvalue weighted by molar-refractivity contribution is -0.383. The van der Waals surface area contributed by atoms with Crippen LogP contribution in [0.2, 0.25) is 0 Å². The van der Waals surface area contributed by atoms with Crippen LogP contribution >= 0.6 is 0 Å². The summed E-state index contributed by atoms with van der Waals surface area (Å²) in [6, 6.07) is 6.81. The average molecular weight is 371 g/mol. The number of likely N-dealkylation sites (tertiary alicyclic amines) is 1. The molecule has 0 radical (unpaired) electrons. The van der Waals surface area contributed by atoms with Gasteiger partial charge in [-0.05, 0) is 50.0 Å². The Bertz CT molecular complexity index is 833. The third-order valence-electron chi connectivity index (χ3n) is 5.22. The van der Waals surface area contributed by atoms with Crippen LogP contribution in [0.15, 0.2) is 30.5 Å². The number of anilines is 1. The minimum absolute atomic E-state index is 0.0500. The SMILES string of the molecule is CNC(=O)CN1CCC(CN(C)c2ccc([N+](=O)[O-])c3cccnc23)CC1. The second kappa shape index (κ2) is 8.30. The van der Waals surface area contributed by atoms with Crippen molar-refractivity contribution < 1.29 is 9.72 Å². The van der Waals surface area contributed by atoms with E-state index in [1.54, 1.807) is 37.5 Å². The van der Waals surface area contributed by atoms with E-state index in [1.807, 2.05) is 7.05 Å². The van der Waals surface area contributed by atoms with Gasteiger partial charge in [0.25, 0.3) is 5.69 Å². The molecule has 1 fully saturated rings. The number of nitrogens with zero attached hydrogens (tertiary/aromatic N) is 4. The van der Waals surface area contributed by atoms with Gasteiger partial charge in [-0.15, -0.1) is 0 Å². The number of nitro groups is 1. The highest BCUT2D eigenvalue weighted by molar-refractivity contribution is 5.97. The van der Waals surface area contributed by atoms with Gasteiger partial charge in [-0.25, -0.2) is 0 Å². The van der Waals surface area contributed by atoms with E-state index >= 15 is 0 Å². The Balaban J connectivity index is 1.69. The number of nitrogens with one attached hydrogen (secondary N) is 1. The highest BCUT2D eigenvalue weighted by atomic mass is 16.6. The molecule has 2 aromatic rings. The third kappa shape index (κ3) is 4.33. The predicted molar refractivity (Wildman–Crippen MR) is 105 cm³/mol. The second-order valence-electron chi connectivity index (χ2n) is 7.03. The Morgan fingerprint density at radius 3 is 2.78 bits per heavy atom. The Morgan fingerprint density at radius 2 is 2.11 bits per heavy atom. The fourth-order valence-electron chi connectivity index (χ4n) is 3.70. The average Bonchev–Trinajstić information content (AvgIpc) is 2.68. The Morgan fingerprint density at radius 1 is 1.37 bits per heavy atom. The topological polar surface area (TPSA) is 91.6 Å². The van der Waals surface area contributed by atoms with Crippen LogP contribution in [-0.2, 0) is 4.79 Å². The smallest absolute Gasteiger partial charge is 0.278 e. The Kier molecular flexibility index (Phi) is 5.85. The lowest BCUT2D eigenvalue weighted by Crippen LogP contribution is -2.42. The van der Waals surface area contributed by atoms with Crippen LogP contribution in [-0.4, -0.2) is 61.0 Å². The van der Waals surface area contributed by atoms with Crippen molar-refractivity contribution in [2.45, 2.75) is 12.8 Å². The van der Waals surface area contributed by atoms with Crippen molar-refractivity contribution in [3.63, 3.8) is 0 Å². The Hall–Kier alpha value is -2.74. The summed E-state index contributed by atoms with van der Waals surface area (Å²) in [4.78, 5) is 31.1. The normalized spacial score (nSPS) is 15.6. The molecule has 0 bridgehead atoms. The number of carbonyl (C=O) groups is 1. The van der Waals surface area contributed by atoms with Gasteiger partial charge in [0.2, 0.25) is 5.91 Å². The minimum Gasteiger partial charge on any atom is -0.373 e. The minimum atomic E-state index is -0.365. The van der Waals surface area contributed by atoms with E-state index in [9.17, 15) is 14.9 Å². The first-order chi connectivity index (χ1) is 13.0. The predicted octanol–water partition coefficient (Wildman–Crippen LogP) is 2.04. The number of aromatic nitrogens is 1. The van der Waals surface area contributed by atoms with E-state index in [4.69, 9.17) is 0 Å². The van der Waals surface area contributed by atoms with Crippen molar-refractivity contribution in [1.29, 1.82) is 0 Å². The molecular weight excluding hydrogens is 346 g/mol. The zero-order chi connectivity index (χ0) is 19.4. The first kappa shape index (κ1) is 19.0. The van der Waals surface area contributed by atoms with E-state index in [0.29, 0.717) is 23.4 Å². The largest absolute Gasteiger partial charge is 0.373 e. The van der Waals surface area contributed by atoms with Crippen LogP contribution in [0, 0.1) is 16.0 Å². The number of hydrogen-bond donors (Lipinski definition) is 1. The van der Waals surface area contributed by atoms with Crippen LogP contribution in [0.5, 0.6) is 0 Å². The van der Waals surface area contributed by atoms with Gasteiger partial charge >= 0.3 is 0 Å². The molecule has 1 aromatic carbocycles. The van der Waals surface area contributed by atoms with Gasteiger partial charge in [-0.3, -0.25) is 24.8 Å². The quantitative estimate of drug-likeness (QED) is 0.617. The molecule has 1 saturated heterocycles. The van der Waals surface area contributed by atoms with Gasteiger partial charge < -0.3 is 10.2 Å². The number of hydrogen-bond acceptors (Lipinski definition) is 6. The van der Waals surface area contributed by atoms with Gasteiger partial charge in [-0.1, -0.05) is 0 Å². The molecule has 1 aliphatic heterocycles. The molecule has 3 rings (SSSR count). The van der Waals surface area contributed by atoms with E-state index in [2.05, 4.69) is 20.1 Å². The first-order valence-corrected chi connectivity index (χ1v) is 9.15. The van der Waals surface area contributed by atoms with E-state index in [-0.39, 0.29) is 16.5 Å². The lowest BCUT2D eigenvalue weighted by Gasteiger charge is -2.34. The molecular formula is C19H25N5O3. The highest BCUT2D eigenvalue weighted by Crippen LogP contribution is 2.32. The summed E-state index contributed by atoms with van der Waals surface area (Å²) in [6.45, 7) is 3.13. The number of fused-ring (bicyclic) bond motifs is 1. The van der Waals surface area contributed by atoms with Crippen LogP contribution in [0.4, 0.5) is 11.4 Å². The highest BCUT2D eigenvalue weighted by Gasteiger charge is 2.23. The van der Waals surface area contributed by atoms with Crippen molar-refractivity contribution >= 4 is 28.2 Å². The number of amides is 1. The number of nitro benzene ring substituents is 1. The summed E-state index contributed by atoms with van der Waals surface area (Å²) in [6.07, 6.45) is 3.72. The van der Waals surface area contributed by atoms with Gasteiger partial charge in [0.05, 0.1) is 22.5 Å². The number of carbonyl (C=O) groups excluding carboxylic acids is 1. The van der Waals surface area contributed by atoms with Crippen molar-refractivity contribution in [3.05, 3.63) is 40.6 Å². The van der Waals surface area contributed by atoms with Crippen molar-refractivity contribution in [2.75, 3.05) is 45.2 Å². The first-order valence-electron chi connectivity index (χ1n) is 9.15. The van der Waals surface area contributed by atoms with Gasteiger partial charge in [0.15, 0.2) is 0 Å². The summed E-state index contributed by atoms with van der Waals surface area (Å²) in [7, 11) is 3.67. The summed E-state index contributed by atoms with van der Waals surface area (Å²) in [5, 5.41) is 14.5. The summed E-state index contributed by atoms with van der Waals surface area (Å²) < 4.78 is 0. The molecule has 27 heavy (non-hydrogen) atoms. The van der Waals surface area contributed by atoms with E-state index in [0.717, 1.165) is 38.2 Å². The Labute approximate surface area is 158 Å². The molecule has 8 nitrogen and oxygen atoms in total. The summed E-state index contributed by atoms with van der Waals surface area (Å²) in [5.41, 5.74) is 1.65. The fraction of sp³-hybridized carbons (Fsp3) is 0.474. The number of benzene rings is 1. The van der Waals surface area contributed by atoms with Crippen molar-refractivity contribution in [3.8, 4) is 0 Å². The molecule has 8 heteroatoms. The van der Waals surface area contributed by atoms with Gasteiger partial charge in [-0.2, -0.15) is 0 Å². The summed E-state index contributed by atoms with van der Waals surface area (Å²) >= 11 is 0. The monoisotopic (exact) mass is 371 g/mol. The van der Waals surface area contributed by atoms with Gasteiger partial charge in [0, 0.05) is 32.9 Å². The van der Waals surface area contributed by atoms with Crippen molar-refractivity contribution in [1.82, 2.24) is 15.2 Å². The van der Waals surface area contributed by atoms with Gasteiger partial charge in [0.1, 0.15) is 5.52 Å². The van der Waals surface area contributed by atoms with Crippen LogP contribution in [0.3, 0.4) is 0 Å². The van der Waals surface area contributed by atoms with E-state index < -0.39 is 0 Å². The number of rotatable bonds is 6.